The van der Waals surface area contributed by atoms with Crippen LogP contribution in [0, 0.1) is 0 Å². The summed E-state index contributed by atoms with van der Waals surface area (Å²) in [5, 5.41) is 8.94. The predicted octanol–water partition coefficient (Wildman–Crippen LogP) is 0.634. The zero-order chi connectivity index (χ0) is 7.56. The van der Waals surface area contributed by atoms with Gasteiger partial charge in [0.05, 0.1) is 5.76 Å². The molecule has 0 aromatic rings. The predicted molar refractivity (Wildman–Crippen MR) is 37.2 cm³/mol. The van der Waals surface area contributed by atoms with E-state index in [9.17, 15) is 4.79 Å². The summed E-state index contributed by atoms with van der Waals surface area (Å²) in [6, 6.07) is 0. The Morgan fingerprint density at radius 2 is 2.40 bits per heavy atom. The van der Waals surface area contributed by atoms with Crippen molar-refractivity contribution < 1.29 is 9.90 Å². The average molecular weight is 139 g/mol. The molecule has 0 spiro atoms. The van der Waals surface area contributed by atoms with Gasteiger partial charge < -0.3 is 10.8 Å². The quantitative estimate of drug-likeness (QED) is 0.559. The molecule has 3 nitrogen and oxygen atoms in total. The molecule has 0 aromatic carbocycles. The molecule has 0 aliphatic heterocycles. The fraction of sp³-hybridized carbons (Fsp3) is 0.286. The van der Waals surface area contributed by atoms with Gasteiger partial charge in [0.1, 0.15) is 0 Å². The SMILES string of the molecule is NC(=O)C1=CCCC(O)=C1. The number of carbonyl (C=O) groups is 1. The first kappa shape index (κ1) is 6.86. The van der Waals surface area contributed by atoms with E-state index < -0.39 is 5.91 Å². The number of aliphatic hydroxyl groups excluding tert-OH is 1. The lowest BCUT2D eigenvalue weighted by Gasteiger charge is -2.05. The third kappa shape index (κ3) is 1.37. The molecule has 0 atom stereocenters. The van der Waals surface area contributed by atoms with Gasteiger partial charge in [0, 0.05) is 12.0 Å². The minimum Gasteiger partial charge on any atom is -0.512 e. The zero-order valence-electron chi connectivity index (χ0n) is 5.50. The van der Waals surface area contributed by atoms with Gasteiger partial charge in [-0.25, -0.2) is 0 Å². The van der Waals surface area contributed by atoms with Crippen LogP contribution in [0.15, 0.2) is 23.5 Å². The first-order valence-corrected chi connectivity index (χ1v) is 3.09. The van der Waals surface area contributed by atoms with Gasteiger partial charge in [0.25, 0.3) is 0 Å². The van der Waals surface area contributed by atoms with Crippen molar-refractivity contribution in [1.29, 1.82) is 0 Å². The number of nitrogens with two attached hydrogens (primary N) is 1. The Morgan fingerprint density at radius 1 is 1.70 bits per heavy atom. The molecule has 1 rings (SSSR count). The maximum absolute atomic E-state index is 10.5. The Hall–Kier alpha value is -1.25. The van der Waals surface area contributed by atoms with Gasteiger partial charge >= 0.3 is 0 Å². The van der Waals surface area contributed by atoms with E-state index >= 15 is 0 Å². The van der Waals surface area contributed by atoms with Crippen molar-refractivity contribution in [3.63, 3.8) is 0 Å². The van der Waals surface area contributed by atoms with E-state index in [2.05, 4.69) is 0 Å². The maximum atomic E-state index is 10.5. The third-order valence-corrected chi connectivity index (χ3v) is 1.37. The molecule has 3 heteroatoms. The van der Waals surface area contributed by atoms with Crippen molar-refractivity contribution in [2.45, 2.75) is 12.8 Å². The van der Waals surface area contributed by atoms with Gasteiger partial charge in [-0.15, -0.1) is 0 Å². The van der Waals surface area contributed by atoms with Gasteiger partial charge in [-0.3, -0.25) is 4.79 Å². The Balaban J connectivity index is 2.79. The number of allylic oxidation sites excluding steroid dienone is 2. The molecule has 3 N–H and O–H groups in total. The smallest absolute Gasteiger partial charge is 0.248 e. The molecule has 0 saturated heterocycles. The molecule has 0 bridgehead atoms. The number of hydrogen-bond acceptors (Lipinski definition) is 2. The van der Waals surface area contributed by atoms with Gasteiger partial charge in [-0.2, -0.15) is 0 Å². The summed E-state index contributed by atoms with van der Waals surface area (Å²) in [5.41, 5.74) is 5.37. The highest BCUT2D eigenvalue weighted by Gasteiger charge is 2.07. The Labute approximate surface area is 58.8 Å². The molecular formula is C7H9NO2. The van der Waals surface area contributed by atoms with Crippen LogP contribution in [0.1, 0.15) is 12.8 Å². The monoisotopic (exact) mass is 139 g/mol. The summed E-state index contributed by atoms with van der Waals surface area (Å²) in [4.78, 5) is 10.5. The van der Waals surface area contributed by atoms with Crippen molar-refractivity contribution in [1.82, 2.24) is 0 Å². The Morgan fingerprint density at radius 3 is 2.80 bits per heavy atom. The molecule has 0 radical (unpaired) electrons. The molecule has 1 amide bonds. The number of hydrogen-bond donors (Lipinski definition) is 2. The van der Waals surface area contributed by atoms with Gasteiger partial charge in [0.15, 0.2) is 0 Å². The van der Waals surface area contributed by atoms with Crippen LogP contribution in [-0.2, 0) is 4.79 Å². The van der Waals surface area contributed by atoms with E-state index in [-0.39, 0.29) is 5.76 Å². The van der Waals surface area contributed by atoms with Crippen LogP contribution < -0.4 is 5.73 Å². The highest BCUT2D eigenvalue weighted by Crippen LogP contribution is 2.13. The van der Waals surface area contributed by atoms with Gasteiger partial charge in [-0.1, -0.05) is 6.08 Å². The molecule has 0 unspecified atom stereocenters. The van der Waals surface area contributed by atoms with Gasteiger partial charge in [0.2, 0.25) is 5.91 Å². The molecule has 0 saturated carbocycles. The van der Waals surface area contributed by atoms with Crippen LogP contribution in [0.4, 0.5) is 0 Å². The number of aliphatic hydroxyl groups is 1. The maximum Gasteiger partial charge on any atom is 0.248 e. The van der Waals surface area contributed by atoms with E-state index in [1.54, 1.807) is 6.08 Å². The van der Waals surface area contributed by atoms with Crippen LogP contribution >= 0.6 is 0 Å². The number of rotatable bonds is 1. The lowest BCUT2D eigenvalue weighted by Crippen LogP contribution is -2.14. The molecule has 0 fully saturated rings. The highest BCUT2D eigenvalue weighted by molar-refractivity contribution is 5.95. The van der Waals surface area contributed by atoms with Crippen LogP contribution in [-0.4, -0.2) is 11.0 Å². The van der Waals surface area contributed by atoms with E-state index in [0.29, 0.717) is 18.4 Å². The molecule has 1 aliphatic rings. The molecule has 0 aromatic heterocycles. The minimum atomic E-state index is -0.480. The second kappa shape index (κ2) is 2.56. The largest absolute Gasteiger partial charge is 0.512 e. The highest BCUT2D eigenvalue weighted by atomic mass is 16.3. The van der Waals surface area contributed by atoms with Crippen LogP contribution in [0.5, 0.6) is 0 Å². The lowest BCUT2D eigenvalue weighted by molar-refractivity contribution is -0.114. The first-order valence-electron chi connectivity index (χ1n) is 3.09. The van der Waals surface area contributed by atoms with E-state index in [1.165, 1.54) is 6.08 Å². The van der Waals surface area contributed by atoms with Crippen molar-refractivity contribution in [3.05, 3.63) is 23.5 Å². The molecule has 10 heavy (non-hydrogen) atoms. The van der Waals surface area contributed by atoms with E-state index in [1.807, 2.05) is 0 Å². The molecular weight excluding hydrogens is 130 g/mol. The fourth-order valence-corrected chi connectivity index (χ4v) is 0.858. The van der Waals surface area contributed by atoms with E-state index in [4.69, 9.17) is 10.8 Å². The second-order valence-electron chi connectivity index (χ2n) is 2.20. The first-order chi connectivity index (χ1) is 4.70. The Kier molecular flexibility index (Phi) is 1.76. The zero-order valence-corrected chi connectivity index (χ0v) is 5.50. The summed E-state index contributed by atoms with van der Waals surface area (Å²) in [7, 11) is 0. The van der Waals surface area contributed by atoms with Gasteiger partial charge in [-0.05, 0) is 12.5 Å². The molecule has 1 aliphatic carbocycles. The van der Waals surface area contributed by atoms with Crippen LogP contribution in [0.3, 0.4) is 0 Å². The number of carbonyl (C=O) groups excluding carboxylic acids is 1. The average Bonchev–Trinajstić information content (AvgIpc) is 1.88. The third-order valence-electron chi connectivity index (χ3n) is 1.37. The van der Waals surface area contributed by atoms with E-state index in [0.717, 1.165) is 0 Å². The summed E-state index contributed by atoms with van der Waals surface area (Å²) in [6.45, 7) is 0. The van der Waals surface area contributed by atoms with Crippen molar-refractivity contribution in [2.24, 2.45) is 5.73 Å². The van der Waals surface area contributed by atoms with Crippen molar-refractivity contribution in [3.8, 4) is 0 Å². The summed E-state index contributed by atoms with van der Waals surface area (Å²) >= 11 is 0. The van der Waals surface area contributed by atoms with Crippen LogP contribution in [0.2, 0.25) is 0 Å². The number of amides is 1. The topological polar surface area (TPSA) is 63.3 Å². The lowest BCUT2D eigenvalue weighted by atomic mass is 10.1. The summed E-state index contributed by atoms with van der Waals surface area (Å²) < 4.78 is 0. The molecule has 54 valence electrons. The summed E-state index contributed by atoms with van der Waals surface area (Å²) in [6.07, 6.45) is 4.44. The van der Waals surface area contributed by atoms with Crippen LogP contribution in [0.25, 0.3) is 0 Å². The normalized spacial score (nSPS) is 17.6. The standard InChI is InChI=1S/C7H9NO2/c8-7(10)5-2-1-3-6(9)4-5/h2,4,9H,1,3H2,(H2,8,10). The molecule has 0 heterocycles. The fourth-order valence-electron chi connectivity index (χ4n) is 0.858. The minimum absolute atomic E-state index is 0.233. The Bertz CT molecular complexity index is 216. The summed E-state index contributed by atoms with van der Waals surface area (Å²) in [5.74, 6) is -0.248. The second-order valence-corrected chi connectivity index (χ2v) is 2.20. The van der Waals surface area contributed by atoms with Crippen molar-refractivity contribution in [2.75, 3.05) is 0 Å². The number of primary amides is 1. The van der Waals surface area contributed by atoms with Crippen molar-refractivity contribution >= 4 is 5.91 Å².